The number of carbonyl (C=O) groups is 1. The molecule has 1 aromatic heterocycles. The van der Waals surface area contributed by atoms with Gasteiger partial charge in [0.05, 0.1) is 17.1 Å². The average Bonchev–Trinajstić information content (AvgIpc) is 3.01. The molecule has 5 rings (SSSR count). The molecular formula is C28H31N5O2. The van der Waals surface area contributed by atoms with Crippen LogP contribution in [0.3, 0.4) is 0 Å². The predicted molar refractivity (Wildman–Crippen MR) is 141 cm³/mol. The second-order valence-corrected chi connectivity index (χ2v) is 9.38. The molecule has 2 aromatic carbocycles. The van der Waals surface area contributed by atoms with Crippen LogP contribution in [0, 0.1) is 12.8 Å². The summed E-state index contributed by atoms with van der Waals surface area (Å²) in [5.41, 5.74) is 5.34. The number of benzene rings is 2. The molecule has 0 bridgehead atoms. The number of fused-ring (bicyclic) bond motifs is 2. The van der Waals surface area contributed by atoms with Crippen LogP contribution in [-0.2, 0) is 6.54 Å². The van der Waals surface area contributed by atoms with Crippen molar-refractivity contribution in [2.75, 3.05) is 16.0 Å². The molecule has 2 atom stereocenters. The second kappa shape index (κ2) is 9.80. The third kappa shape index (κ3) is 5.00. The molecule has 1 aliphatic heterocycles. The standard InChI is InChI=1S/C28H31N5O2/c1-17-8-10-21(34)15-24(17)31-23-12-13-29-27-26(23)28(35)33-25-14-19(9-11-22(25)32-27)16-30-18(2)20-6-4-3-5-7-20/h3-4,8-15,18,20,30,34H,5-7,16H2,1-2H3,(H,33,35)(H2,29,31,32). The number of hydrogen-bond acceptors (Lipinski definition) is 6. The highest BCUT2D eigenvalue weighted by Crippen LogP contribution is 2.36. The summed E-state index contributed by atoms with van der Waals surface area (Å²) < 4.78 is 0. The molecule has 180 valence electrons. The molecule has 2 unspecified atom stereocenters. The summed E-state index contributed by atoms with van der Waals surface area (Å²) in [6.07, 6.45) is 9.71. The van der Waals surface area contributed by atoms with Crippen LogP contribution < -0.4 is 21.3 Å². The van der Waals surface area contributed by atoms with E-state index in [-0.39, 0.29) is 11.7 Å². The fraction of sp³-hybridized carbons (Fsp3) is 0.286. The normalized spacial score (nSPS) is 17.4. The molecule has 0 fully saturated rings. The van der Waals surface area contributed by atoms with Crippen molar-refractivity contribution in [2.45, 2.75) is 45.7 Å². The first-order chi connectivity index (χ1) is 17.0. The topological polar surface area (TPSA) is 98.3 Å². The van der Waals surface area contributed by atoms with Gasteiger partial charge in [0.2, 0.25) is 0 Å². The lowest BCUT2D eigenvalue weighted by Crippen LogP contribution is -2.33. The lowest BCUT2D eigenvalue weighted by atomic mass is 9.88. The van der Waals surface area contributed by atoms with E-state index >= 15 is 0 Å². The molecule has 0 saturated carbocycles. The SMILES string of the molecule is Cc1ccc(O)cc1Nc1ccnc2c1C(=O)Nc1cc(CNC(C)C3CC=CCC3)ccc1N2. The molecular weight excluding hydrogens is 438 g/mol. The molecule has 1 aliphatic carbocycles. The maximum atomic E-state index is 13.3. The molecule has 5 N–H and O–H groups in total. The van der Waals surface area contributed by atoms with E-state index in [0.717, 1.165) is 47.6 Å². The van der Waals surface area contributed by atoms with Crippen LogP contribution in [0.2, 0.25) is 0 Å². The Morgan fingerprint density at radius 1 is 1.09 bits per heavy atom. The van der Waals surface area contributed by atoms with E-state index in [9.17, 15) is 9.90 Å². The van der Waals surface area contributed by atoms with Gasteiger partial charge < -0.3 is 26.4 Å². The van der Waals surface area contributed by atoms with Crippen molar-refractivity contribution in [1.29, 1.82) is 0 Å². The maximum absolute atomic E-state index is 13.3. The summed E-state index contributed by atoms with van der Waals surface area (Å²) in [7, 11) is 0. The third-order valence-corrected chi connectivity index (χ3v) is 6.90. The number of carbonyl (C=O) groups excluding carboxylic acids is 1. The summed E-state index contributed by atoms with van der Waals surface area (Å²) >= 11 is 0. The molecule has 2 aliphatic rings. The van der Waals surface area contributed by atoms with E-state index in [4.69, 9.17) is 0 Å². The van der Waals surface area contributed by atoms with E-state index in [1.54, 1.807) is 24.4 Å². The van der Waals surface area contributed by atoms with E-state index in [1.807, 2.05) is 25.1 Å². The van der Waals surface area contributed by atoms with E-state index < -0.39 is 0 Å². The van der Waals surface area contributed by atoms with E-state index in [2.05, 4.69) is 51.4 Å². The van der Waals surface area contributed by atoms with Crippen molar-refractivity contribution in [3.63, 3.8) is 0 Å². The highest BCUT2D eigenvalue weighted by atomic mass is 16.3. The first kappa shape index (κ1) is 22.9. The van der Waals surface area contributed by atoms with Gasteiger partial charge in [-0.15, -0.1) is 0 Å². The van der Waals surface area contributed by atoms with E-state index in [1.165, 1.54) is 6.42 Å². The fourth-order valence-corrected chi connectivity index (χ4v) is 4.72. The number of nitrogens with one attached hydrogen (secondary N) is 4. The number of amides is 1. The van der Waals surface area contributed by atoms with Crippen LogP contribution in [-0.4, -0.2) is 22.0 Å². The second-order valence-electron chi connectivity index (χ2n) is 9.38. The number of allylic oxidation sites excluding steroid dienone is 2. The van der Waals surface area contributed by atoms with Crippen LogP contribution >= 0.6 is 0 Å². The van der Waals surface area contributed by atoms with Crippen molar-refractivity contribution in [2.24, 2.45) is 5.92 Å². The van der Waals surface area contributed by atoms with Crippen LogP contribution in [0.15, 0.2) is 60.8 Å². The summed E-state index contributed by atoms with van der Waals surface area (Å²) in [4.78, 5) is 17.7. The zero-order chi connectivity index (χ0) is 24.4. The number of aryl methyl sites for hydroxylation is 1. The van der Waals surface area contributed by atoms with Crippen LogP contribution in [0.5, 0.6) is 5.75 Å². The number of rotatable bonds is 6. The zero-order valence-electron chi connectivity index (χ0n) is 20.1. The average molecular weight is 470 g/mol. The molecule has 7 heteroatoms. The van der Waals surface area contributed by atoms with Gasteiger partial charge in [-0.05, 0) is 74.4 Å². The third-order valence-electron chi connectivity index (χ3n) is 6.90. The van der Waals surface area contributed by atoms with Gasteiger partial charge in [0.25, 0.3) is 5.91 Å². The summed E-state index contributed by atoms with van der Waals surface area (Å²) in [5, 5.41) is 23.2. The van der Waals surface area contributed by atoms with Gasteiger partial charge in [-0.3, -0.25) is 4.79 Å². The molecule has 35 heavy (non-hydrogen) atoms. The summed E-state index contributed by atoms with van der Waals surface area (Å²) in [6, 6.07) is 13.4. The lowest BCUT2D eigenvalue weighted by molar-refractivity contribution is 0.102. The molecule has 0 radical (unpaired) electrons. The summed E-state index contributed by atoms with van der Waals surface area (Å²) in [6.45, 7) is 4.93. The van der Waals surface area contributed by atoms with Gasteiger partial charge in [-0.2, -0.15) is 0 Å². The number of anilines is 5. The number of nitrogens with zero attached hydrogens (tertiary/aromatic N) is 1. The minimum Gasteiger partial charge on any atom is -0.508 e. The minimum atomic E-state index is -0.243. The molecule has 7 nitrogen and oxygen atoms in total. The Labute approximate surface area is 205 Å². The number of aromatic hydroxyl groups is 1. The lowest BCUT2D eigenvalue weighted by Gasteiger charge is -2.26. The van der Waals surface area contributed by atoms with Gasteiger partial charge in [-0.1, -0.05) is 24.3 Å². The Hall–Kier alpha value is -3.84. The van der Waals surface area contributed by atoms with Crippen molar-refractivity contribution in [1.82, 2.24) is 10.3 Å². The molecule has 1 amide bonds. The first-order valence-electron chi connectivity index (χ1n) is 12.1. The number of aromatic nitrogens is 1. The maximum Gasteiger partial charge on any atom is 0.261 e. The van der Waals surface area contributed by atoms with Gasteiger partial charge >= 0.3 is 0 Å². The Morgan fingerprint density at radius 3 is 2.80 bits per heavy atom. The summed E-state index contributed by atoms with van der Waals surface area (Å²) in [5.74, 6) is 1.05. The van der Waals surface area contributed by atoms with Gasteiger partial charge in [-0.25, -0.2) is 4.98 Å². The Morgan fingerprint density at radius 2 is 1.97 bits per heavy atom. The highest BCUT2D eigenvalue weighted by molar-refractivity contribution is 6.15. The van der Waals surface area contributed by atoms with Crippen molar-refractivity contribution >= 4 is 34.5 Å². The Kier molecular flexibility index (Phi) is 6.42. The molecule has 3 aromatic rings. The zero-order valence-corrected chi connectivity index (χ0v) is 20.1. The van der Waals surface area contributed by atoms with Crippen molar-refractivity contribution in [3.05, 3.63) is 77.5 Å². The van der Waals surface area contributed by atoms with Gasteiger partial charge in [0.1, 0.15) is 17.1 Å². The number of pyridine rings is 1. The van der Waals surface area contributed by atoms with Crippen LogP contribution in [0.25, 0.3) is 0 Å². The minimum absolute atomic E-state index is 0.156. The van der Waals surface area contributed by atoms with Crippen LogP contribution in [0.1, 0.15) is 47.7 Å². The molecule has 2 heterocycles. The predicted octanol–water partition coefficient (Wildman–Crippen LogP) is 5.98. The van der Waals surface area contributed by atoms with Crippen LogP contribution in [0.4, 0.5) is 28.6 Å². The molecule has 0 spiro atoms. The Bertz CT molecular complexity index is 1290. The quantitative estimate of drug-likeness (QED) is 0.285. The van der Waals surface area contributed by atoms with Gasteiger partial charge in [0, 0.05) is 30.5 Å². The van der Waals surface area contributed by atoms with Crippen molar-refractivity contribution in [3.8, 4) is 5.75 Å². The monoisotopic (exact) mass is 469 g/mol. The number of hydrogen-bond donors (Lipinski definition) is 5. The smallest absolute Gasteiger partial charge is 0.261 e. The van der Waals surface area contributed by atoms with E-state index in [0.29, 0.717) is 29.0 Å². The number of phenolic OH excluding ortho intramolecular Hbond substituents is 1. The fourth-order valence-electron chi connectivity index (χ4n) is 4.72. The molecule has 0 saturated heterocycles. The largest absolute Gasteiger partial charge is 0.508 e. The van der Waals surface area contributed by atoms with Gasteiger partial charge in [0.15, 0.2) is 0 Å². The first-order valence-corrected chi connectivity index (χ1v) is 12.1. The highest BCUT2D eigenvalue weighted by Gasteiger charge is 2.24. The Balaban J connectivity index is 1.35. The van der Waals surface area contributed by atoms with Crippen molar-refractivity contribution < 1.29 is 9.90 Å². The number of phenols is 1.